The molecule has 0 aliphatic carbocycles. The Balaban J connectivity index is 2.57. The van der Waals surface area contributed by atoms with Crippen LogP contribution in [-0.2, 0) is 11.3 Å². The third-order valence-electron chi connectivity index (χ3n) is 2.92. The van der Waals surface area contributed by atoms with Gasteiger partial charge in [-0.2, -0.15) is 0 Å². The highest BCUT2D eigenvalue weighted by molar-refractivity contribution is 5.83. The highest BCUT2D eigenvalue weighted by Gasteiger charge is 2.32. The van der Waals surface area contributed by atoms with Gasteiger partial charge in [0.1, 0.15) is 6.04 Å². The number of carboxylic acids is 1. The molecule has 0 radical (unpaired) electrons. The van der Waals surface area contributed by atoms with Gasteiger partial charge < -0.3 is 15.7 Å². The van der Waals surface area contributed by atoms with E-state index in [2.05, 4.69) is 10.6 Å². The van der Waals surface area contributed by atoms with E-state index in [-0.39, 0.29) is 0 Å². The Kier molecular flexibility index (Phi) is 5.13. The average molecular weight is 278 g/mol. The van der Waals surface area contributed by atoms with Crippen molar-refractivity contribution in [3.63, 3.8) is 0 Å². The summed E-state index contributed by atoms with van der Waals surface area (Å²) in [5, 5.41) is 14.3. The van der Waals surface area contributed by atoms with Crippen LogP contribution in [0.25, 0.3) is 0 Å². The first-order chi connectivity index (χ1) is 9.20. The topological polar surface area (TPSA) is 78.4 Å². The number of carbonyl (C=O) groups excluding carboxylic acids is 1. The standard InChI is InChI=1S/C15H22N2O3/c1-10-6-5-7-11(8-10)9-16-14(20)17-12(13(18)19)15(2,3)4/h5-8,12H,9H2,1-4H3,(H,18,19)(H2,16,17,20)/t12-/m1/s1. The molecule has 3 N–H and O–H groups in total. The van der Waals surface area contributed by atoms with Crippen LogP contribution in [0.3, 0.4) is 0 Å². The molecule has 0 bridgehead atoms. The molecule has 0 aromatic heterocycles. The SMILES string of the molecule is Cc1cccc(CNC(=O)N[C@H](C(=O)O)C(C)(C)C)c1. The summed E-state index contributed by atoms with van der Waals surface area (Å²) in [5.41, 5.74) is 1.54. The number of nitrogens with one attached hydrogen (secondary N) is 2. The zero-order valence-electron chi connectivity index (χ0n) is 12.4. The molecule has 20 heavy (non-hydrogen) atoms. The Labute approximate surface area is 119 Å². The number of aliphatic carboxylic acids is 1. The van der Waals surface area contributed by atoms with Crippen LogP contribution in [0.5, 0.6) is 0 Å². The van der Waals surface area contributed by atoms with Gasteiger partial charge in [-0.3, -0.25) is 0 Å². The number of aryl methyl sites for hydroxylation is 1. The average Bonchev–Trinajstić information content (AvgIpc) is 2.31. The number of carboxylic acid groups (broad SMARTS) is 1. The first-order valence-corrected chi connectivity index (χ1v) is 6.53. The van der Waals surface area contributed by atoms with Crippen molar-refractivity contribution in [2.75, 3.05) is 0 Å². The fraction of sp³-hybridized carbons (Fsp3) is 0.467. The molecule has 0 saturated heterocycles. The molecule has 0 saturated carbocycles. The minimum atomic E-state index is -1.04. The summed E-state index contributed by atoms with van der Waals surface area (Å²) in [6.45, 7) is 7.65. The lowest BCUT2D eigenvalue weighted by molar-refractivity contribution is -0.141. The minimum Gasteiger partial charge on any atom is -0.480 e. The lowest BCUT2D eigenvalue weighted by atomic mass is 9.87. The van der Waals surface area contributed by atoms with Gasteiger partial charge in [-0.05, 0) is 17.9 Å². The van der Waals surface area contributed by atoms with Gasteiger partial charge in [-0.25, -0.2) is 9.59 Å². The van der Waals surface area contributed by atoms with Gasteiger partial charge in [0.2, 0.25) is 0 Å². The van der Waals surface area contributed by atoms with Crippen LogP contribution in [0, 0.1) is 12.3 Å². The van der Waals surface area contributed by atoms with Crippen LogP contribution < -0.4 is 10.6 Å². The van der Waals surface area contributed by atoms with Crippen molar-refractivity contribution in [1.82, 2.24) is 10.6 Å². The lowest BCUT2D eigenvalue weighted by Crippen LogP contribution is -2.52. The molecule has 110 valence electrons. The molecular formula is C15H22N2O3. The van der Waals surface area contributed by atoms with Crippen molar-refractivity contribution < 1.29 is 14.7 Å². The maximum atomic E-state index is 11.8. The van der Waals surface area contributed by atoms with E-state index in [1.807, 2.05) is 31.2 Å². The van der Waals surface area contributed by atoms with E-state index in [1.54, 1.807) is 20.8 Å². The van der Waals surface area contributed by atoms with Crippen LogP contribution in [0.1, 0.15) is 31.9 Å². The van der Waals surface area contributed by atoms with E-state index in [9.17, 15) is 9.59 Å². The molecule has 2 amide bonds. The molecule has 1 aromatic rings. The van der Waals surface area contributed by atoms with Crippen molar-refractivity contribution in [3.8, 4) is 0 Å². The Morgan fingerprint density at radius 2 is 1.95 bits per heavy atom. The molecule has 0 spiro atoms. The van der Waals surface area contributed by atoms with E-state index in [4.69, 9.17) is 5.11 Å². The molecule has 0 aliphatic heterocycles. The molecule has 0 fully saturated rings. The van der Waals surface area contributed by atoms with Gasteiger partial charge in [-0.15, -0.1) is 0 Å². The molecule has 1 rings (SSSR count). The minimum absolute atomic E-state index is 0.365. The number of rotatable bonds is 4. The maximum Gasteiger partial charge on any atom is 0.326 e. The smallest absolute Gasteiger partial charge is 0.326 e. The predicted molar refractivity (Wildman–Crippen MR) is 77.4 cm³/mol. The van der Waals surface area contributed by atoms with Gasteiger partial charge in [0.25, 0.3) is 0 Å². The summed E-state index contributed by atoms with van der Waals surface area (Å²) >= 11 is 0. The van der Waals surface area contributed by atoms with Crippen molar-refractivity contribution in [2.45, 2.75) is 40.3 Å². The number of amides is 2. The molecule has 0 aliphatic rings. The van der Waals surface area contributed by atoms with Crippen LogP contribution in [0.15, 0.2) is 24.3 Å². The quantitative estimate of drug-likeness (QED) is 0.790. The first kappa shape index (κ1) is 16.0. The predicted octanol–water partition coefficient (Wildman–Crippen LogP) is 2.29. The second-order valence-corrected chi connectivity index (χ2v) is 5.95. The zero-order chi connectivity index (χ0) is 15.3. The molecular weight excluding hydrogens is 256 g/mol. The molecule has 1 aromatic carbocycles. The second-order valence-electron chi connectivity index (χ2n) is 5.95. The van der Waals surface area contributed by atoms with Crippen molar-refractivity contribution >= 4 is 12.0 Å². The molecule has 1 atom stereocenters. The molecule has 5 nitrogen and oxygen atoms in total. The van der Waals surface area contributed by atoms with Gasteiger partial charge in [0.05, 0.1) is 0 Å². The fourth-order valence-corrected chi connectivity index (χ4v) is 1.84. The Hall–Kier alpha value is -2.04. The van der Waals surface area contributed by atoms with E-state index in [0.29, 0.717) is 6.54 Å². The number of hydrogen-bond acceptors (Lipinski definition) is 2. The molecule has 5 heteroatoms. The fourth-order valence-electron chi connectivity index (χ4n) is 1.84. The summed E-state index contributed by atoms with van der Waals surface area (Å²) in [5.74, 6) is -1.04. The summed E-state index contributed by atoms with van der Waals surface area (Å²) in [6.07, 6.45) is 0. The van der Waals surface area contributed by atoms with Gasteiger partial charge in [0, 0.05) is 6.54 Å². The molecule has 0 heterocycles. The Morgan fingerprint density at radius 3 is 2.45 bits per heavy atom. The highest BCUT2D eigenvalue weighted by Crippen LogP contribution is 2.19. The van der Waals surface area contributed by atoms with Gasteiger partial charge in [0.15, 0.2) is 0 Å². The van der Waals surface area contributed by atoms with Crippen LogP contribution in [-0.4, -0.2) is 23.1 Å². The van der Waals surface area contributed by atoms with Crippen LogP contribution >= 0.6 is 0 Å². The van der Waals surface area contributed by atoms with Crippen LogP contribution in [0.4, 0.5) is 4.79 Å². The summed E-state index contributed by atoms with van der Waals surface area (Å²) < 4.78 is 0. The Bertz CT molecular complexity index is 492. The lowest BCUT2D eigenvalue weighted by Gasteiger charge is -2.27. The first-order valence-electron chi connectivity index (χ1n) is 6.53. The largest absolute Gasteiger partial charge is 0.480 e. The normalized spacial score (nSPS) is 12.6. The van der Waals surface area contributed by atoms with Gasteiger partial charge in [-0.1, -0.05) is 50.6 Å². The van der Waals surface area contributed by atoms with Crippen molar-refractivity contribution in [1.29, 1.82) is 0 Å². The maximum absolute atomic E-state index is 11.8. The third kappa shape index (κ3) is 4.91. The van der Waals surface area contributed by atoms with E-state index < -0.39 is 23.5 Å². The summed E-state index contributed by atoms with van der Waals surface area (Å²) in [6, 6.07) is 6.36. The van der Waals surface area contributed by atoms with Crippen molar-refractivity contribution in [3.05, 3.63) is 35.4 Å². The summed E-state index contributed by atoms with van der Waals surface area (Å²) in [7, 11) is 0. The number of urea groups is 1. The zero-order valence-corrected chi connectivity index (χ0v) is 12.4. The number of hydrogen-bond donors (Lipinski definition) is 3. The number of carbonyl (C=O) groups is 2. The monoisotopic (exact) mass is 278 g/mol. The highest BCUT2D eigenvalue weighted by atomic mass is 16.4. The van der Waals surface area contributed by atoms with E-state index >= 15 is 0 Å². The molecule has 0 unspecified atom stereocenters. The van der Waals surface area contributed by atoms with Gasteiger partial charge >= 0.3 is 12.0 Å². The van der Waals surface area contributed by atoms with Crippen LogP contribution in [0.2, 0.25) is 0 Å². The summed E-state index contributed by atoms with van der Waals surface area (Å²) in [4.78, 5) is 22.9. The Morgan fingerprint density at radius 1 is 1.30 bits per heavy atom. The number of benzene rings is 1. The van der Waals surface area contributed by atoms with E-state index in [0.717, 1.165) is 11.1 Å². The van der Waals surface area contributed by atoms with E-state index in [1.165, 1.54) is 0 Å². The second kappa shape index (κ2) is 6.41. The third-order valence-corrected chi connectivity index (χ3v) is 2.92. The van der Waals surface area contributed by atoms with Crippen molar-refractivity contribution in [2.24, 2.45) is 5.41 Å².